The van der Waals surface area contributed by atoms with Crippen LogP contribution in [0.3, 0.4) is 0 Å². The van der Waals surface area contributed by atoms with Crippen molar-refractivity contribution in [2.45, 2.75) is 94.0 Å². The minimum Gasteiger partial charge on any atom is -0.472 e. The second-order valence-corrected chi connectivity index (χ2v) is 11.8. The van der Waals surface area contributed by atoms with Crippen molar-refractivity contribution in [2.75, 3.05) is 0 Å². The number of cyclic esters (lactones) is 1. The Hall–Kier alpha value is -1.71. The highest BCUT2D eigenvalue weighted by molar-refractivity contribution is 5.85. The van der Waals surface area contributed by atoms with E-state index in [1.54, 1.807) is 18.6 Å². The van der Waals surface area contributed by atoms with Crippen LogP contribution in [0.25, 0.3) is 0 Å². The molecule has 1 aromatic heterocycles. The molecule has 178 valence electrons. The van der Waals surface area contributed by atoms with Crippen molar-refractivity contribution in [1.82, 2.24) is 0 Å². The van der Waals surface area contributed by atoms with Crippen LogP contribution in [0.4, 0.5) is 0 Å². The Bertz CT molecular complexity index is 1060. The summed E-state index contributed by atoms with van der Waals surface area (Å²) in [5, 5.41) is 23.4. The zero-order valence-corrected chi connectivity index (χ0v) is 19.1. The summed E-state index contributed by atoms with van der Waals surface area (Å²) in [6.45, 7) is 5.86. The number of carbonyl (C=O) groups is 1. The standard InChI is InChI=1S/C25H30O8/c1-20(2)15(21(3)7-5-17(26)32-21)10-23(33-20)13-25(28)16(31-23)4-8-22-12-24(22,25)19(27)30-18(22)14-6-9-29-11-14/h5-7,9,11,15-16,18-19,27-28H,4,8,10,12-13H2,1-3H3/t15-,16-,18-,19+,21-,22+,23+,24+,25-/m0/s1. The fourth-order valence-corrected chi connectivity index (χ4v) is 8.53. The van der Waals surface area contributed by atoms with Gasteiger partial charge in [-0.3, -0.25) is 0 Å². The highest BCUT2D eigenvalue weighted by Gasteiger charge is 2.91. The first-order valence-corrected chi connectivity index (χ1v) is 11.9. The van der Waals surface area contributed by atoms with Crippen LogP contribution in [0.5, 0.6) is 0 Å². The molecule has 1 spiro atoms. The minimum absolute atomic E-state index is 0.152. The quantitative estimate of drug-likeness (QED) is 0.652. The van der Waals surface area contributed by atoms with Gasteiger partial charge >= 0.3 is 5.97 Å². The van der Waals surface area contributed by atoms with Crippen molar-refractivity contribution in [2.24, 2.45) is 16.7 Å². The number of aliphatic hydroxyl groups is 2. The van der Waals surface area contributed by atoms with E-state index in [0.717, 1.165) is 12.0 Å². The van der Waals surface area contributed by atoms with Gasteiger partial charge in [-0.15, -0.1) is 0 Å². The van der Waals surface area contributed by atoms with E-state index in [4.69, 9.17) is 23.4 Å². The van der Waals surface area contributed by atoms with E-state index < -0.39 is 40.4 Å². The fourth-order valence-electron chi connectivity index (χ4n) is 8.53. The van der Waals surface area contributed by atoms with Crippen molar-refractivity contribution < 1.29 is 38.4 Å². The van der Waals surface area contributed by atoms with Gasteiger partial charge in [0.2, 0.25) is 0 Å². The Balaban J connectivity index is 1.23. The molecule has 8 heteroatoms. The summed E-state index contributed by atoms with van der Waals surface area (Å²) >= 11 is 0. The van der Waals surface area contributed by atoms with E-state index in [1.165, 1.54) is 6.08 Å². The molecule has 0 bridgehead atoms. The molecule has 0 aromatic carbocycles. The normalized spacial score (nSPS) is 55.5. The zero-order chi connectivity index (χ0) is 23.1. The number of ether oxygens (including phenoxy) is 4. The second kappa shape index (κ2) is 5.74. The number of furan rings is 1. The minimum atomic E-state index is -1.28. The molecule has 2 saturated carbocycles. The van der Waals surface area contributed by atoms with Crippen LogP contribution < -0.4 is 0 Å². The lowest BCUT2D eigenvalue weighted by Crippen LogP contribution is -2.55. The molecule has 2 N–H and O–H groups in total. The molecule has 6 aliphatic rings. The lowest BCUT2D eigenvalue weighted by molar-refractivity contribution is -0.241. The van der Waals surface area contributed by atoms with Gasteiger partial charge in [-0.05, 0) is 52.2 Å². The predicted molar refractivity (Wildman–Crippen MR) is 111 cm³/mol. The smallest absolute Gasteiger partial charge is 0.331 e. The van der Waals surface area contributed by atoms with Gasteiger partial charge in [-0.25, -0.2) is 4.79 Å². The number of aliphatic hydroxyl groups excluding tert-OH is 1. The van der Waals surface area contributed by atoms with Crippen molar-refractivity contribution in [3.63, 3.8) is 0 Å². The molecule has 1 aromatic rings. The van der Waals surface area contributed by atoms with E-state index in [9.17, 15) is 15.0 Å². The molecule has 0 unspecified atom stereocenters. The topological polar surface area (TPSA) is 108 Å². The third kappa shape index (κ3) is 2.23. The van der Waals surface area contributed by atoms with Gasteiger partial charge in [0, 0.05) is 35.8 Å². The molecule has 0 radical (unpaired) electrons. The SMILES string of the molecule is CC1(C)O[C@]2(C[C@@H]1[C@]1(C)C=CC(=O)O1)C[C@]1(O)[C@H](CC[C@]34C[C@@]31[C@H](O)O[C@H]4c1ccoc1)O2. The molecule has 7 rings (SSSR count). The summed E-state index contributed by atoms with van der Waals surface area (Å²) in [5.41, 5.74) is -2.98. The lowest BCUT2D eigenvalue weighted by atomic mass is 9.65. The number of hydrogen-bond donors (Lipinski definition) is 2. The average molecular weight is 459 g/mol. The van der Waals surface area contributed by atoms with Crippen molar-refractivity contribution in [3.8, 4) is 0 Å². The molecule has 9 atom stereocenters. The van der Waals surface area contributed by atoms with E-state index in [1.807, 2.05) is 26.8 Å². The third-order valence-corrected chi connectivity index (χ3v) is 9.81. The summed E-state index contributed by atoms with van der Waals surface area (Å²) in [7, 11) is 0. The van der Waals surface area contributed by atoms with Crippen LogP contribution in [0.15, 0.2) is 35.2 Å². The van der Waals surface area contributed by atoms with Crippen LogP contribution in [-0.4, -0.2) is 51.2 Å². The molecule has 5 heterocycles. The fraction of sp³-hybridized carbons (Fsp3) is 0.720. The van der Waals surface area contributed by atoms with Gasteiger partial charge in [0.05, 0.1) is 35.8 Å². The molecule has 4 aliphatic heterocycles. The van der Waals surface area contributed by atoms with Crippen LogP contribution in [-0.2, 0) is 23.7 Å². The van der Waals surface area contributed by atoms with Gasteiger partial charge in [0.1, 0.15) is 11.2 Å². The molecule has 0 amide bonds. The van der Waals surface area contributed by atoms with Gasteiger partial charge < -0.3 is 33.6 Å². The summed E-state index contributed by atoms with van der Waals surface area (Å²) < 4.78 is 30.2. The van der Waals surface area contributed by atoms with E-state index >= 15 is 0 Å². The van der Waals surface area contributed by atoms with Crippen molar-refractivity contribution >= 4 is 5.97 Å². The van der Waals surface area contributed by atoms with Crippen molar-refractivity contribution in [3.05, 3.63) is 36.3 Å². The Kier molecular flexibility index (Phi) is 3.59. The van der Waals surface area contributed by atoms with E-state index in [0.29, 0.717) is 19.3 Å². The van der Waals surface area contributed by atoms with Gasteiger partial charge in [-0.2, -0.15) is 0 Å². The van der Waals surface area contributed by atoms with Gasteiger partial charge in [-0.1, -0.05) is 0 Å². The third-order valence-electron chi connectivity index (χ3n) is 9.81. The maximum Gasteiger partial charge on any atom is 0.331 e. The highest BCUT2D eigenvalue weighted by Crippen LogP contribution is 2.86. The first kappa shape index (κ1) is 20.6. The van der Waals surface area contributed by atoms with Crippen LogP contribution in [0, 0.1) is 16.7 Å². The maximum atomic E-state index is 12.2. The maximum absolute atomic E-state index is 12.2. The monoisotopic (exact) mass is 458 g/mol. The second-order valence-electron chi connectivity index (χ2n) is 11.8. The van der Waals surface area contributed by atoms with Crippen molar-refractivity contribution in [1.29, 1.82) is 0 Å². The Morgan fingerprint density at radius 3 is 2.70 bits per heavy atom. The number of hydrogen-bond acceptors (Lipinski definition) is 8. The Morgan fingerprint density at radius 1 is 1.18 bits per heavy atom. The summed E-state index contributed by atoms with van der Waals surface area (Å²) in [6, 6.07) is 1.87. The van der Waals surface area contributed by atoms with Gasteiger partial charge in [0.25, 0.3) is 0 Å². The predicted octanol–water partition coefficient (Wildman–Crippen LogP) is 2.74. The van der Waals surface area contributed by atoms with Gasteiger partial charge in [0.15, 0.2) is 12.1 Å². The summed E-state index contributed by atoms with van der Waals surface area (Å²) in [5.74, 6) is -1.52. The average Bonchev–Trinajstić information content (AvgIpc) is 3.20. The van der Waals surface area contributed by atoms with E-state index in [2.05, 4.69) is 0 Å². The molecule has 5 fully saturated rings. The summed E-state index contributed by atoms with van der Waals surface area (Å²) in [4.78, 5) is 11.9. The number of fused-ring (bicyclic) bond motifs is 1. The molecular weight excluding hydrogens is 428 g/mol. The molecule has 33 heavy (non-hydrogen) atoms. The van der Waals surface area contributed by atoms with Crippen LogP contribution >= 0.6 is 0 Å². The Labute approximate surface area is 191 Å². The first-order valence-electron chi connectivity index (χ1n) is 11.9. The Morgan fingerprint density at radius 2 is 2.00 bits per heavy atom. The number of carbonyl (C=O) groups excluding carboxylic acids is 1. The number of rotatable bonds is 2. The van der Waals surface area contributed by atoms with Crippen LogP contribution in [0.1, 0.15) is 64.5 Å². The molecular formula is C25H30O8. The largest absolute Gasteiger partial charge is 0.472 e. The van der Waals surface area contributed by atoms with E-state index in [-0.39, 0.29) is 29.8 Å². The lowest BCUT2D eigenvalue weighted by Gasteiger charge is -2.42. The van der Waals surface area contributed by atoms with Crippen LogP contribution in [0.2, 0.25) is 0 Å². The molecule has 8 nitrogen and oxygen atoms in total. The highest BCUT2D eigenvalue weighted by atomic mass is 16.7. The first-order chi connectivity index (χ1) is 15.5. The zero-order valence-electron chi connectivity index (χ0n) is 19.1. The summed E-state index contributed by atoms with van der Waals surface area (Å²) in [6.07, 6.45) is 7.52. The molecule has 3 saturated heterocycles. The number of esters is 1. The molecule has 2 aliphatic carbocycles.